The molecule has 10 heteroatoms. The number of hydrogen-bond acceptors (Lipinski definition) is 7. The van der Waals surface area contributed by atoms with Gasteiger partial charge in [-0.3, -0.25) is 19.6 Å². The molecule has 0 aliphatic carbocycles. The van der Waals surface area contributed by atoms with Gasteiger partial charge in [0.25, 0.3) is 5.91 Å². The summed E-state index contributed by atoms with van der Waals surface area (Å²) in [7, 11) is 3.31. The van der Waals surface area contributed by atoms with E-state index in [0.717, 1.165) is 30.2 Å². The molecule has 158 valence electrons. The molecule has 1 atom stereocenters. The molecule has 30 heavy (non-hydrogen) atoms. The lowest BCUT2D eigenvalue weighted by molar-refractivity contribution is 0.101. The number of carbonyl (C=O) groups excluding carboxylic acids is 1. The van der Waals surface area contributed by atoms with E-state index in [0.29, 0.717) is 30.4 Å². The van der Waals surface area contributed by atoms with Crippen molar-refractivity contribution in [2.24, 2.45) is 7.05 Å². The van der Waals surface area contributed by atoms with Crippen LogP contribution < -0.4 is 15.0 Å². The number of nitrogens with zero attached hydrogens (tertiary/aromatic N) is 5. The number of aromatic amines is 1. The van der Waals surface area contributed by atoms with Crippen LogP contribution in [0.1, 0.15) is 28.3 Å². The van der Waals surface area contributed by atoms with E-state index in [2.05, 4.69) is 30.5 Å². The summed E-state index contributed by atoms with van der Waals surface area (Å²) in [6.07, 6.45) is 2.71. The fraction of sp³-hybridized carbons (Fsp3) is 0.400. The van der Waals surface area contributed by atoms with Crippen LogP contribution in [0.15, 0.2) is 30.5 Å². The Labute approximate surface area is 174 Å². The summed E-state index contributed by atoms with van der Waals surface area (Å²) in [5.41, 5.74) is 2.02. The lowest BCUT2D eigenvalue weighted by Crippen LogP contribution is -2.25. The number of aromatic nitrogens is 5. The molecule has 0 bridgehead atoms. The molecule has 1 aliphatic rings. The van der Waals surface area contributed by atoms with Crippen molar-refractivity contribution in [3.8, 4) is 5.75 Å². The van der Waals surface area contributed by atoms with E-state index in [4.69, 9.17) is 9.47 Å². The molecule has 1 amide bonds. The Morgan fingerprint density at radius 2 is 2.27 bits per heavy atom. The summed E-state index contributed by atoms with van der Waals surface area (Å²) in [5, 5.41) is 14.3. The van der Waals surface area contributed by atoms with Gasteiger partial charge in [-0.1, -0.05) is 0 Å². The molecule has 0 unspecified atom stereocenters. The van der Waals surface area contributed by atoms with Gasteiger partial charge >= 0.3 is 0 Å². The first-order valence-electron chi connectivity index (χ1n) is 9.75. The maximum Gasteiger partial charge on any atom is 0.275 e. The fourth-order valence-corrected chi connectivity index (χ4v) is 3.49. The highest BCUT2D eigenvalue weighted by molar-refractivity contribution is 6.02. The van der Waals surface area contributed by atoms with E-state index in [1.54, 1.807) is 26.4 Å². The number of nitrogens with one attached hydrogen (secondary N) is 2. The minimum atomic E-state index is -0.266. The van der Waals surface area contributed by atoms with Gasteiger partial charge in [-0.25, -0.2) is 0 Å². The van der Waals surface area contributed by atoms with E-state index in [9.17, 15) is 4.79 Å². The van der Waals surface area contributed by atoms with Crippen LogP contribution in [0, 0.1) is 6.92 Å². The van der Waals surface area contributed by atoms with E-state index in [-0.39, 0.29) is 12.0 Å². The van der Waals surface area contributed by atoms with Crippen molar-refractivity contribution in [3.63, 3.8) is 0 Å². The van der Waals surface area contributed by atoms with Gasteiger partial charge in [0, 0.05) is 39.4 Å². The van der Waals surface area contributed by atoms with Crippen molar-refractivity contribution in [2.45, 2.75) is 26.1 Å². The summed E-state index contributed by atoms with van der Waals surface area (Å²) in [4.78, 5) is 19.0. The lowest BCUT2D eigenvalue weighted by Gasteiger charge is -2.17. The minimum absolute atomic E-state index is 0.0660. The first-order valence-corrected chi connectivity index (χ1v) is 9.75. The molecule has 3 aromatic heterocycles. The second kappa shape index (κ2) is 8.54. The molecule has 0 radical (unpaired) electrons. The van der Waals surface area contributed by atoms with Crippen molar-refractivity contribution < 1.29 is 14.3 Å². The number of rotatable bonds is 7. The van der Waals surface area contributed by atoms with Gasteiger partial charge < -0.3 is 19.7 Å². The van der Waals surface area contributed by atoms with E-state index in [1.165, 1.54) is 4.68 Å². The maximum absolute atomic E-state index is 12.6. The average Bonchev–Trinajstić information content (AvgIpc) is 3.44. The molecule has 10 nitrogen and oxygen atoms in total. The lowest BCUT2D eigenvalue weighted by atomic mass is 10.3. The third-order valence-electron chi connectivity index (χ3n) is 4.99. The van der Waals surface area contributed by atoms with Crippen LogP contribution >= 0.6 is 0 Å². The molecule has 1 aliphatic heterocycles. The Morgan fingerprint density at radius 3 is 3.07 bits per heavy atom. The summed E-state index contributed by atoms with van der Waals surface area (Å²) in [5.74, 6) is 1.84. The summed E-state index contributed by atoms with van der Waals surface area (Å²) >= 11 is 0. The van der Waals surface area contributed by atoms with Gasteiger partial charge in [0.1, 0.15) is 23.4 Å². The number of aryl methyl sites for hydroxylation is 2. The quantitative estimate of drug-likeness (QED) is 0.611. The van der Waals surface area contributed by atoms with Gasteiger partial charge in [0.2, 0.25) is 0 Å². The predicted octanol–water partition coefficient (Wildman–Crippen LogP) is 1.90. The molecule has 0 spiro atoms. The predicted molar refractivity (Wildman–Crippen MR) is 111 cm³/mol. The smallest absolute Gasteiger partial charge is 0.275 e. The van der Waals surface area contributed by atoms with Gasteiger partial charge in [-0.05, 0) is 25.1 Å². The van der Waals surface area contributed by atoms with Crippen molar-refractivity contribution in [1.29, 1.82) is 0 Å². The highest BCUT2D eigenvalue weighted by atomic mass is 16.5. The number of methoxy groups -OCH3 is 1. The fourth-order valence-electron chi connectivity index (χ4n) is 3.49. The monoisotopic (exact) mass is 411 g/mol. The molecule has 3 aromatic rings. The summed E-state index contributed by atoms with van der Waals surface area (Å²) in [6.45, 7) is 3.83. The van der Waals surface area contributed by atoms with Crippen LogP contribution in [0.4, 0.5) is 11.6 Å². The Kier molecular flexibility index (Phi) is 5.66. The number of carbonyl (C=O) groups is 1. The zero-order valence-electron chi connectivity index (χ0n) is 17.3. The molecule has 4 rings (SSSR count). The first-order chi connectivity index (χ1) is 14.5. The zero-order chi connectivity index (χ0) is 21.1. The van der Waals surface area contributed by atoms with Gasteiger partial charge in [0.15, 0.2) is 5.82 Å². The second-order valence-corrected chi connectivity index (χ2v) is 7.23. The topological polar surface area (TPSA) is 110 Å². The van der Waals surface area contributed by atoms with Crippen LogP contribution in [0.3, 0.4) is 0 Å². The zero-order valence-corrected chi connectivity index (χ0v) is 17.3. The van der Waals surface area contributed by atoms with Crippen molar-refractivity contribution in [2.75, 3.05) is 30.4 Å². The van der Waals surface area contributed by atoms with Crippen LogP contribution in [0.2, 0.25) is 0 Å². The van der Waals surface area contributed by atoms with Crippen molar-refractivity contribution in [1.82, 2.24) is 25.0 Å². The van der Waals surface area contributed by atoms with Gasteiger partial charge in [-0.2, -0.15) is 10.2 Å². The Balaban J connectivity index is 1.36. The Morgan fingerprint density at radius 1 is 1.40 bits per heavy atom. The number of ether oxygens (including phenoxy) is 2. The SMILES string of the molecule is COCc1cc(C(=O)Nc2cc(N3CC[C@H](Oc4cccnc4C)C3)n[nH]2)n(C)n1. The van der Waals surface area contributed by atoms with Crippen molar-refractivity contribution >= 4 is 17.5 Å². The molecular weight excluding hydrogens is 386 g/mol. The molecule has 4 heterocycles. The number of pyridine rings is 1. The third-order valence-corrected chi connectivity index (χ3v) is 4.99. The minimum Gasteiger partial charge on any atom is -0.487 e. The molecule has 0 aromatic carbocycles. The third kappa shape index (κ3) is 4.28. The molecular formula is C20H25N7O3. The number of hydrogen-bond donors (Lipinski definition) is 2. The average molecular weight is 411 g/mol. The van der Waals surface area contributed by atoms with Crippen LogP contribution in [-0.2, 0) is 18.4 Å². The van der Waals surface area contributed by atoms with Crippen molar-refractivity contribution in [3.05, 3.63) is 47.5 Å². The summed E-state index contributed by atoms with van der Waals surface area (Å²) in [6, 6.07) is 7.34. The number of anilines is 2. The Bertz CT molecular complexity index is 1030. The van der Waals surface area contributed by atoms with E-state index < -0.39 is 0 Å². The van der Waals surface area contributed by atoms with E-state index >= 15 is 0 Å². The normalized spacial score (nSPS) is 16.1. The standard InChI is InChI=1S/C20H25N7O3/c1-13-17(5-4-7-21-13)30-15-6-8-27(11-15)19-10-18(23-24-19)22-20(28)16-9-14(12-29-3)25-26(16)2/h4-5,7,9-10,15H,6,8,11-12H2,1-3H3,(H2,22,23,24,28)/t15-/m0/s1. The largest absolute Gasteiger partial charge is 0.487 e. The van der Waals surface area contributed by atoms with Gasteiger partial charge in [0.05, 0.1) is 24.5 Å². The van der Waals surface area contributed by atoms with Crippen LogP contribution in [0.25, 0.3) is 0 Å². The molecule has 2 N–H and O–H groups in total. The number of H-pyrrole nitrogens is 1. The second-order valence-electron chi connectivity index (χ2n) is 7.23. The number of amides is 1. The first kappa shape index (κ1) is 19.9. The van der Waals surface area contributed by atoms with E-state index in [1.807, 2.05) is 25.1 Å². The molecule has 0 saturated carbocycles. The summed E-state index contributed by atoms with van der Waals surface area (Å²) < 4.78 is 12.7. The molecule has 1 saturated heterocycles. The maximum atomic E-state index is 12.6. The Hall–Kier alpha value is -3.40. The van der Waals surface area contributed by atoms with Gasteiger partial charge in [-0.15, -0.1) is 0 Å². The molecule has 1 fully saturated rings. The highest BCUT2D eigenvalue weighted by Gasteiger charge is 2.26. The van der Waals surface area contributed by atoms with Crippen LogP contribution in [0.5, 0.6) is 5.75 Å². The van der Waals surface area contributed by atoms with Crippen LogP contribution in [-0.4, -0.2) is 57.2 Å². The highest BCUT2D eigenvalue weighted by Crippen LogP contribution is 2.25.